The summed E-state index contributed by atoms with van der Waals surface area (Å²) in [5.41, 5.74) is 8.50. The zero-order chi connectivity index (χ0) is 23.2. The second-order valence-corrected chi connectivity index (χ2v) is 11.2. The third-order valence-corrected chi connectivity index (χ3v) is 7.36. The second-order valence-electron chi connectivity index (χ2n) is 11.2. The minimum atomic E-state index is 0.286. The lowest BCUT2D eigenvalue weighted by Crippen LogP contribution is -2.52. The number of rotatable bonds is 4. The number of carbonyl (C=O) groups is 1. The van der Waals surface area contributed by atoms with Gasteiger partial charge in [0.25, 0.3) is 0 Å². The number of aliphatic imine (C=N–C) groups is 1. The molecule has 1 atom stereocenters. The molecule has 0 aliphatic carbocycles. The normalized spacial score (nSPS) is 21.1. The quantitative estimate of drug-likeness (QED) is 0.696. The van der Waals surface area contributed by atoms with Gasteiger partial charge in [-0.3, -0.25) is 14.8 Å². The van der Waals surface area contributed by atoms with Crippen molar-refractivity contribution in [1.29, 1.82) is 0 Å². The van der Waals surface area contributed by atoms with Crippen molar-refractivity contribution in [3.63, 3.8) is 0 Å². The molecule has 0 bridgehead atoms. The number of aromatic nitrogens is 1. The number of pyridine rings is 1. The van der Waals surface area contributed by atoms with E-state index >= 15 is 0 Å². The van der Waals surface area contributed by atoms with Crippen molar-refractivity contribution in [2.24, 2.45) is 10.4 Å². The molecule has 0 spiro atoms. The highest BCUT2D eigenvalue weighted by Gasteiger charge is 2.33. The van der Waals surface area contributed by atoms with Gasteiger partial charge in [-0.05, 0) is 79.6 Å². The summed E-state index contributed by atoms with van der Waals surface area (Å²) in [7, 11) is 0. The van der Waals surface area contributed by atoms with Gasteiger partial charge in [0.2, 0.25) is 5.91 Å². The highest BCUT2D eigenvalue weighted by Crippen LogP contribution is 2.32. The molecule has 1 amide bonds. The fourth-order valence-corrected chi connectivity index (χ4v) is 5.44. The first kappa shape index (κ1) is 22.3. The largest absolute Gasteiger partial charge is 0.334 e. The highest BCUT2D eigenvalue weighted by atomic mass is 16.2. The van der Waals surface area contributed by atoms with Gasteiger partial charge in [0.1, 0.15) is 0 Å². The Morgan fingerprint density at radius 1 is 1.12 bits per heavy atom. The van der Waals surface area contributed by atoms with E-state index in [9.17, 15) is 4.79 Å². The zero-order valence-corrected chi connectivity index (χ0v) is 20.5. The first-order valence-corrected chi connectivity index (χ1v) is 12.4. The maximum Gasteiger partial charge on any atom is 0.227 e. The molecule has 174 valence electrons. The second kappa shape index (κ2) is 8.68. The number of piperidine rings is 1. The van der Waals surface area contributed by atoms with E-state index in [0.717, 1.165) is 49.6 Å². The van der Waals surface area contributed by atoms with E-state index in [0.29, 0.717) is 24.4 Å². The van der Waals surface area contributed by atoms with Crippen LogP contribution in [-0.4, -0.2) is 52.1 Å². The van der Waals surface area contributed by atoms with Crippen LogP contribution in [0.3, 0.4) is 0 Å². The van der Waals surface area contributed by atoms with Crippen molar-refractivity contribution in [3.05, 3.63) is 64.0 Å². The number of carbonyl (C=O) groups excluding carboxylic acids is 1. The SMILES string of the molecule is Cc1cc(C2=NCc3cc4c(cc32)CN([C@@H]2CCCN(CCC(C)(C)C)C2)C(=O)C4)ccn1. The lowest BCUT2D eigenvalue weighted by atomic mass is 9.89. The molecule has 1 aromatic heterocycles. The molecule has 5 rings (SSSR count). The van der Waals surface area contributed by atoms with Gasteiger partial charge < -0.3 is 9.80 Å². The van der Waals surface area contributed by atoms with E-state index < -0.39 is 0 Å². The molecule has 4 heterocycles. The summed E-state index contributed by atoms with van der Waals surface area (Å²) in [5.74, 6) is 0.286. The van der Waals surface area contributed by atoms with Gasteiger partial charge in [0.05, 0.1) is 18.7 Å². The average molecular weight is 445 g/mol. The molecule has 33 heavy (non-hydrogen) atoms. The summed E-state index contributed by atoms with van der Waals surface area (Å²) in [6, 6.07) is 9.03. The Balaban J connectivity index is 1.35. The molecule has 0 N–H and O–H groups in total. The molecule has 3 aliphatic rings. The third kappa shape index (κ3) is 4.74. The van der Waals surface area contributed by atoms with Crippen LogP contribution in [-0.2, 0) is 24.3 Å². The van der Waals surface area contributed by atoms with Gasteiger partial charge in [0, 0.05) is 42.1 Å². The molecule has 0 radical (unpaired) electrons. The summed E-state index contributed by atoms with van der Waals surface area (Å²) < 4.78 is 0. The predicted molar refractivity (Wildman–Crippen MR) is 133 cm³/mol. The fourth-order valence-electron chi connectivity index (χ4n) is 5.44. The van der Waals surface area contributed by atoms with Crippen LogP contribution < -0.4 is 0 Å². The van der Waals surface area contributed by atoms with Gasteiger partial charge in [-0.15, -0.1) is 0 Å². The van der Waals surface area contributed by atoms with Gasteiger partial charge in [-0.1, -0.05) is 26.8 Å². The maximum absolute atomic E-state index is 13.2. The first-order chi connectivity index (χ1) is 15.8. The van der Waals surface area contributed by atoms with Crippen LogP contribution in [0.5, 0.6) is 0 Å². The topological polar surface area (TPSA) is 48.8 Å². The molecular weight excluding hydrogens is 408 g/mol. The predicted octanol–water partition coefficient (Wildman–Crippen LogP) is 4.53. The number of benzene rings is 1. The molecule has 3 aliphatic heterocycles. The average Bonchev–Trinajstić information content (AvgIpc) is 3.18. The Labute approximate surface area is 197 Å². The summed E-state index contributed by atoms with van der Waals surface area (Å²) in [4.78, 5) is 27.1. The Bertz CT molecular complexity index is 1100. The Morgan fingerprint density at radius 3 is 2.76 bits per heavy atom. The van der Waals surface area contributed by atoms with Crippen LogP contribution in [0, 0.1) is 12.3 Å². The Morgan fingerprint density at radius 2 is 1.97 bits per heavy atom. The lowest BCUT2D eigenvalue weighted by molar-refractivity contribution is -0.135. The number of likely N-dealkylation sites (tertiary alicyclic amines) is 1. The molecule has 0 unspecified atom stereocenters. The van der Waals surface area contributed by atoms with Gasteiger partial charge in [-0.2, -0.15) is 0 Å². The van der Waals surface area contributed by atoms with Crippen LogP contribution in [0.2, 0.25) is 0 Å². The van der Waals surface area contributed by atoms with Crippen LogP contribution in [0.4, 0.5) is 0 Å². The van der Waals surface area contributed by atoms with Crippen molar-refractivity contribution < 1.29 is 4.79 Å². The summed E-state index contributed by atoms with van der Waals surface area (Å²) in [6.45, 7) is 13.6. The van der Waals surface area contributed by atoms with Crippen molar-refractivity contribution in [1.82, 2.24) is 14.8 Å². The van der Waals surface area contributed by atoms with Gasteiger partial charge in [0.15, 0.2) is 0 Å². The van der Waals surface area contributed by atoms with Crippen LogP contribution in [0.1, 0.15) is 73.5 Å². The molecule has 1 fully saturated rings. The number of aryl methyl sites for hydroxylation is 1. The molecule has 2 aromatic rings. The van der Waals surface area contributed by atoms with E-state index in [-0.39, 0.29) is 5.91 Å². The van der Waals surface area contributed by atoms with E-state index in [4.69, 9.17) is 4.99 Å². The number of hydrogen-bond acceptors (Lipinski definition) is 4. The smallest absolute Gasteiger partial charge is 0.227 e. The van der Waals surface area contributed by atoms with E-state index in [1.807, 2.05) is 19.2 Å². The Kier molecular flexibility index (Phi) is 5.86. The minimum absolute atomic E-state index is 0.286. The standard InChI is InChI=1S/C28H36N4O/c1-19-12-20(7-9-29-19)27-25-14-23-17-32(26(33)15-21(23)13-22(25)16-30-27)24-6-5-10-31(18-24)11-8-28(2,3)4/h7,9,12-14,24H,5-6,8,10-11,15-18H2,1-4H3/t24-/m1/s1. The van der Waals surface area contributed by atoms with E-state index in [2.05, 4.69) is 53.8 Å². The Hall–Kier alpha value is -2.53. The zero-order valence-electron chi connectivity index (χ0n) is 20.5. The van der Waals surface area contributed by atoms with Crippen LogP contribution >= 0.6 is 0 Å². The van der Waals surface area contributed by atoms with E-state index in [1.54, 1.807) is 0 Å². The molecule has 1 aromatic carbocycles. The molecule has 5 heteroatoms. The number of fused-ring (bicyclic) bond motifs is 2. The maximum atomic E-state index is 13.2. The van der Waals surface area contributed by atoms with Crippen LogP contribution in [0.15, 0.2) is 35.5 Å². The number of amides is 1. The molecule has 0 saturated carbocycles. The van der Waals surface area contributed by atoms with Crippen LogP contribution in [0.25, 0.3) is 0 Å². The molecule has 1 saturated heterocycles. The monoisotopic (exact) mass is 444 g/mol. The summed E-state index contributed by atoms with van der Waals surface area (Å²) in [5, 5.41) is 0. The molecule has 5 nitrogen and oxygen atoms in total. The number of hydrogen-bond donors (Lipinski definition) is 0. The third-order valence-electron chi connectivity index (χ3n) is 7.36. The molecular formula is C28H36N4O. The first-order valence-electron chi connectivity index (χ1n) is 12.4. The van der Waals surface area contributed by atoms with Crippen molar-refractivity contribution >= 4 is 11.6 Å². The van der Waals surface area contributed by atoms with Crippen molar-refractivity contribution in [2.45, 2.75) is 72.5 Å². The van der Waals surface area contributed by atoms with E-state index in [1.165, 1.54) is 35.1 Å². The van der Waals surface area contributed by atoms with Gasteiger partial charge in [-0.25, -0.2) is 0 Å². The van der Waals surface area contributed by atoms with Crippen molar-refractivity contribution in [3.8, 4) is 0 Å². The van der Waals surface area contributed by atoms with Crippen molar-refractivity contribution in [2.75, 3.05) is 19.6 Å². The van der Waals surface area contributed by atoms with Gasteiger partial charge >= 0.3 is 0 Å². The summed E-state index contributed by atoms with van der Waals surface area (Å²) >= 11 is 0. The minimum Gasteiger partial charge on any atom is -0.334 e. The lowest BCUT2D eigenvalue weighted by Gasteiger charge is -2.42. The number of nitrogens with zero attached hydrogens (tertiary/aromatic N) is 4. The highest BCUT2D eigenvalue weighted by molar-refractivity contribution is 6.15. The summed E-state index contributed by atoms with van der Waals surface area (Å²) in [6.07, 6.45) is 5.86. The fraction of sp³-hybridized carbons (Fsp3) is 0.536.